The molecule has 116 valence electrons. The standard InChI is InChI=1S/C17H25ClN2O/c1-2-16-6-3-4-12-20(16)13-5-11-19-17(21)14-7-9-15(18)10-8-14/h7-10,16H,2-6,11-13H2,1H3,(H,19,21)/t16-/m0/s1. The predicted molar refractivity (Wildman–Crippen MR) is 87.9 cm³/mol. The first-order chi connectivity index (χ1) is 10.2. The molecule has 1 N–H and O–H groups in total. The Morgan fingerprint density at radius 1 is 1.33 bits per heavy atom. The molecule has 4 heteroatoms. The van der Waals surface area contributed by atoms with E-state index in [1.54, 1.807) is 24.3 Å². The molecule has 0 unspecified atom stereocenters. The third kappa shape index (κ3) is 5.01. The van der Waals surface area contributed by atoms with Crippen molar-refractivity contribution in [3.8, 4) is 0 Å². The van der Waals surface area contributed by atoms with Crippen molar-refractivity contribution in [2.75, 3.05) is 19.6 Å². The number of nitrogens with zero attached hydrogens (tertiary/aromatic N) is 1. The van der Waals surface area contributed by atoms with Gasteiger partial charge in [0.15, 0.2) is 0 Å². The molecule has 1 atom stereocenters. The second kappa shape index (κ2) is 8.40. The Morgan fingerprint density at radius 2 is 2.10 bits per heavy atom. The van der Waals surface area contributed by atoms with Gasteiger partial charge in [0.05, 0.1) is 0 Å². The van der Waals surface area contributed by atoms with Crippen molar-refractivity contribution in [1.29, 1.82) is 0 Å². The van der Waals surface area contributed by atoms with Gasteiger partial charge in [-0.3, -0.25) is 4.79 Å². The molecule has 0 spiro atoms. The highest BCUT2D eigenvalue weighted by Crippen LogP contribution is 2.19. The van der Waals surface area contributed by atoms with Crippen molar-refractivity contribution in [2.45, 2.75) is 45.1 Å². The summed E-state index contributed by atoms with van der Waals surface area (Å²) in [5.41, 5.74) is 0.670. The van der Waals surface area contributed by atoms with E-state index in [2.05, 4.69) is 17.1 Å². The number of hydrogen-bond acceptors (Lipinski definition) is 2. The molecule has 1 aliphatic rings. The zero-order chi connectivity index (χ0) is 15.1. The molecule has 0 aliphatic carbocycles. The number of carbonyl (C=O) groups excluding carboxylic acids is 1. The number of benzene rings is 1. The van der Waals surface area contributed by atoms with E-state index >= 15 is 0 Å². The summed E-state index contributed by atoms with van der Waals surface area (Å²) in [5, 5.41) is 3.64. The van der Waals surface area contributed by atoms with Crippen LogP contribution in [0.1, 0.15) is 49.4 Å². The van der Waals surface area contributed by atoms with Crippen molar-refractivity contribution in [3.63, 3.8) is 0 Å². The summed E-state index contributed by atoms with van der Waals surface area (Å²) in [5.74, 6) is -0.0163. The Labute approximate surface area is 132 Å². The Kier molecular flexibility index (Phi) is 6.52. The minimum atomic E-state index is -0.0163. The molecule has 1 saturated heterocycles. The van der Waals surface area contributed by atoms with Crippen LogP contribution in [-0.2, 0) is 0 Å². The molecule has 1 aromatic rings. The van der Waals surface area contributed by atoms with Crippen LogP contribution in [0.25, 0.3) is 0 Å². The van der Waals surface area contributed by atoms with Gasteiger partial charge in [0.2, 0.25) is 0 Å². The van der Waals surface area contributed by atoms with Gasteiger partial charge in [0, 0.05) is 29.7 Å². The smallest absolute Gasteiger partial charge is 0.251 e. The average molecular weight is 309 g/mol. The SMILES string of the molecule is CC[C@H]1CCCCN1CCCNC(=O)c1ccc(Cl)cc1. The van der Waals surface area contributed by atoms with Crippen LogP contribution in [0, 0.1) is 0 Å². The van der Waals surface area contributed by atoms with Crippen molar-refractivity contribution in [3.05, 3.63) is 34.9 Å². The lowest BCUT2D eigenvalue weighted by Crippen LogP contribution is -2.40. The lowest BCUT2D eigenvalue weighted by atomic mass is 10.00. The molecule has 3 nitrogen and oxygen atoms in total. The number of halogens is 1. The fraction of sp³-hybridized carbons (Fsp3) is 0.588. The molecule has 1 aromatic carbocycles. The molecule has 1 heterocycles. The first-order valence-corrected chi connectivity index (χ1v) is 8.36. The van der Waals surface area contributed by atoms with Crippen LogP contribution in [0.2, 0.25) is 5.02 Å². The van der Waals surface area contributed by atoms with Gasteiger partial charge in [-0.05, 0) is 56.5 Å². The lowest BCUT2D eigenvalue weighted by Gasteiger charge is -2.35. The van der Waals surface area contributed by atoms with E-state index in [1.165, 1.54) is 32.2 Å². The molecule has 0 aromatic heterocycles. The molecule has 21 heavy (non-hydrogen) atoms. The van der Waals surface area contributed by atoms with Gasteiger partial charge in [0.1, 0.15) is 0 Å². The zero-order valence-corrected chi connectivity index (χ0v) is 13.5. The number of hydrogen-bond donors (Lipinski definition) is 1. The largest absolute Gasteiger partial charge is 0.352 e. The highest BCUT2D eigenvalue weighted by atomic mass is 35.5. The van der Waals surface area contributed by atoms with Crippen molar-refractivity contribution >= 4 is 17.5 Å². The lowest BCUT2D eigenvalue weighted by molar-refractivity contribution is 0.0947. The van der Waals surface area contributed by atoms with Crippen LogP contribution in [0.5, 0.6) is 0 Å². The van der Waals surface area contributed by atoms with Gasteiger partial charge < -0.3 is 10.2 Å². The van der Waals surface area contributed by atoms with Crippen LogP contribution >= 0.6 is 11.6 Å². The van der Waals surface area contributed by atoms with Crippen LogP contribution in [-0.4, -0.2) is 36.5 Å². The molecular formula is C17H25ClN2O. The van der Waals surface area contributed by atoms with Crippen LogP contribution in [0.15, 0.2) is 24.3 Å². The molecule has 0 radical (unpaired) electrons. The summed E-state index contributed by atoms with van der Waals surface area (Å²) >= 11 is 5.82. The molecule has 1 aliphatic heterocycles. The Balaban J connectivity index is 1.69. The monoisotopic (exact) mass is 308 g/mol. The topological polar surface area (TPSA) is 32.3 Å². The van der Waals surface area contributed by atoms with Crippen molar-refractivity contribution in [1.82, 2.24) is 10.2 Å². The fourth-order valence-corrected chi connectivity index (χ4v) is 3.13. The number of rotatable bonds is 6. The zero-order valence-electron chi connectivity index (χ0n) is 12.8. The molecule has 0 saturated carbocycles. The van der Waals surface area contributed by atoms with E-state index in [0.29, 0.717) is 10.6 Å². The quantitative estimate of drug-likeness (QED) is 0.812. The molecule has 1 fully saturated rings. The first-order valence-electron chi connectivity index (χ1n) is 7.98. The van der Waals surface area contributed by atoms with Gasteiger partial charge in [-0.25, -0.2) is 0 Å². The Bertz CT molecular complexity index is 447. The molecule has 2 rings (SSSR count). The molecule has 1 amide bonds. The summed E-state index contributed by atoms with van der Waals surface area (Å²) in [6.07, 6.45) is 6.25. The maximum Gasteiger partial charge on any atom is 0.251 e. The maximum atomic E-state index is 12.0. The summed E-state index contributed by atoms with van der Waals surface area (Å²) in [7, 11) is 0. The minimum Gasteiger partial charge on any atom is -0.352 e. The van der Waals surface area contributed by atoms with Crippen LogP contribution in [0.4, 0.5) is 0 Å². The van der Waals surface area contributed by atoms with E-state index in [4.69, 9.17) is 11.6 Å². The second-order valence-electron chi connectivity index (χ2n) is 5.71. The number of nitrogens with one attached hydrogen (secondary N) is 1. The highest BCUT2D eigenvalue weighted by Gasteiger charge is 2.19. The normalized spacial score (nSPS) is 19.4. The van der Waals surface area contributed by atoms with E-state index in [9.17, 15) is 4.79 Å². The molecular weight excluding hydrogens is 284 g/mol. The number of carbonyl (C=O) groups is 1. The van der Waals surface area contributed by atoms with Crippen LogP contribution in [0.3, 0.4) is 0 Å². The number of likely N-dealkylation sites (tertiary alicyclic amines) is 1. The maximum absolute atomic E-state index is 12.0. The summed E-state index contributed by atoms with van der Waals surface area (Å²) in [6, 6.07) is 7.75. The fourth-order valence-electron chi connectivity index (χ4n) is 3.00. The van der Waals surface area contributed by atoms with Crippen molar-refractivity contribution in [2.24, 2.45) is 0 Å². The van der Waals surface area contributed by atoms with Gasteiger partial charge in [-0.15, -0.1) is 0 Å². The van der Waals surface area contributed by atoms with Gasteiger partial charge in [0.25, 0.3) is 5.91 Å². The Hall–Kier alpha value is -1.06. The highest BCUT2D eigenvalue weighted by molar-refractivity contribution is 6.30. The number of piperidine rings is 1. The van der Waals surface area contributed by atoms with E-state index in [0.717, 1.165) is 25.6 Å². The Morgan fingerprint density at radius 3 is 2.81 bits per heavy atom. The third-order valence-electron chi connectivity index (χ3n) is 4.23. The summed E-state index contributed by atoms with van der Waals surface area (Å²) in [6.45, 7) is 5.29. The van der Waals surface area contributed by atoms with Gasteiger partial charge in [-0.2, -0.15) is 0 Å². The van der Waals surface area contributed by atoms with E-state index < -0.39 is 0 Å². The van der Waals surface area contributed by atoms with E-state index in [1.807, 2.05) is 0 Å². The first kappa shape index (κ1) is 16.3. The van der Waals surface area contributed by atoms with Gasteiger partial charge in [-0.1, -0.05) is 24.9 Å². The summed E-state index contributed by atoms with van der Waals surface area (Å²) in [4.78, 5) is 14.5. The minimum absolute atomic E-state index is 0.0163. The third-order valence-corrected chi connectivity index (χ3v) is 4.49. The van der Waals surface area contributed by atoms with Crippen LogP contribution < -0.4 is 5.32 Å². The average Bonchev–Trinajstić information content (AvgIpc) is 2.52. The second-order valence-corrected chi connectivity index (χ2v) is 6.15. The van der Waals surface area contributed by atoms with E-state index in [-0.39, 0.29) is 5.91 Å². The summed E-state index contributed by atoms with van der Waals surface area (Å²) < 4.78 is 0. The number of amides is 1. The van der Waals surface area contributed by atoms with Gasteiger partial charge >= 0.3 is 0 Å². The predicted octanol–water partition coefficient (Wildman–Crippen LogP) is 3.72. The molecule has 0 bridgehead atoms. The van der Waals surface area contributed by atoms with Crippen molar-refractivity contribution < 1.29 is 4.79 Å².